The summed E-state index contributed by atoms with van der Waals surface area (Å²) in [4.78, 5) is 0. The summed E-state index contributed by atoms with van der Waals surface area (Å²) in [5.74, 6) is -5.23. The van der Waals surface area contributed by atoms with Crippen LogP contribution in [-0.2, 0) is 6.18 Å². The predicted molar refractivity (Wildman–Crippen MR) is 82.1 cm³/mol. The highest BCUT2D eigenvalue weighted by atomic mass is 19.4. The van der Waals surface area contributed by atoms with Crippen molar-refractivity contribution in [2.45, 2.75) is 6.18 Å². The summed E-state index contributed by atoms with van der Waals surface area (Å²) in [7, 11) is 0. The van der Waals surface area contributed by atoms with Crippen molar-refractivity contribution in [1.29, 1.82) is 0 Å². The van der Waals surface area contributed by atoms with Crippen molar-refractivity contribution in [3.05, 3.63) is 83.4 Å². The normalized spacial score (nSPS) is 11.7. The van der Waals surface area contributed by atoms with Crippen molar-refractivity contribution >= 4 is 0 Å². The molecule has 0 amide bonds. The van der Waals surface area contributed by atoms with Gasteiger partial charge in [-0.25, -0.2) is 17.6 Å². The molecule has 0 aliphatic rings. The van der Waals surface area contributed by atoms with E-state index in [0.29, 0.717) is 12.1 Å². The standard InChI is InChI=1S/C19H9F7/c20-14-4-2-1-3-12(14)10-5-6-13(15(21)7-10)11-8-16(22)18(17(23)9-11)19(24,25)26/h1-9H. The molecule has 0 unspecified atom stereocenters. The van der Waals surface area contributed by atoms with Gasteiger partial charge in [-0.1, -0.05) is 30.3 Å². The Morgan fingerprint density at radius 1 is 0.538 bits per heavy atom. The van der Waals surface area contributed by atoms with Gasteiger partial charge in [-0.2, -0.15) is 13.2 Å². The Hall–Kier alpha value is -2.83. The Morgan fingerprint density at radius 2 is 1.08 bits per heavy atom. The zero-order valence-electron chi connectivity index (χ0n) is 12.8. The molecule has 0 fully saturated rings. The molecule has 0 spiro atoms. The Morgan fingerprint density at radius 3 is 1.62 bits per heavy atom. The molecule has 134 valence electrons. The molecule has 0 aromatic heterocycles. The van der Waals surface area contributed by atoms with Crippen molar-refractivity contribution in [2.75, 3.05) is 0 Å². The van der Waals surface area contributed by atoms with Crippen LogP contribution in [0.3, 0.4) is 0 Å². The lowest BCUT2D eigenvalue weighted by atomic mass is 9.98. The molecule has 0 heterocycles. The summed E-state index contributed by atoms with van der Waals surface area (Å²) in [5, 5.41) is 0. The van der Waals surface area contributed by atoms with Crippen molar-refractivity contribution in [1.82, 2.24) is 0 Å². The highest BCUT2D eigenvalue weighted by Gasteiger charge is 2.38. The Bertz CT molecular complexity index is 951. The lowest BCUT2D eigenvalue weighted by molar-refractivity contribution is -0.142. The summed E-state index contributed by atoms with van der Waals surface area (Å²) in [5.41, 5.74) is -2.45. The Balaban J connectivity index is 2.08. The smallest absolute Gasteiger partial charge is 0.206 e. The molecule has 0 bridgehead atoms. The molecule has 7 heteroatoms. The number of benzene rings is 3. The van der Waals surface area contributed by atoms with Crippen LogP contribution in [0.1, 0.15) is 5.56 Å². The van der Waals surface area contributed by atoms with Gasteiger partial charge in [0.1, 0.15) is 28.8 Å². The number of hydrogen-bond acceptors (Lipinski definition) is 0. The molecule has 0 aliphatic heterocycles. The van der Waals surface area contributed by atoms with Gasteiger partial charge in [0.2, 0.25) is 0 Å². The minimum Gasteiger partial charge on any atom is -0.206 e. The van der Waals surface area contributed by atoms with Gasteiger partial charge in [0.15, 0.2) is 0 Å². The molecule has 3 rings (SSSR count). The third kappa shape index (κ3) is 3.29. The lowest BCUT2D eigenvalue weighted by Gasteiger charge is -2.12. The van der Waals surface area contributed by atoms with Crippen molar-refractivity contribution in [2.24, 2.45) is 0 Å². The summed E-state index contributed by atoms with van der Waals surface area (Å²) in [6.45, 7) is 0. The SMILES string of the molecule is Fc1ccccc1-c1ccc(-c2cc(F)c(C(F)(F)F)c(F)c2)c(F)c1. The highest BCUT2D eigenvalue weighted by Crippen LogP contribution is 2.37. The quantitative estimate of drug-likeness (QED) is 0.446. The largest absolute Gasteiger partial charge is 0.422 e. The Kier molecular flexibility index (Phi) is 4.48. The third-order valence-electron chi connectivity index (χ3n) is 3.79. The van der Waals surface area contributed by atoms with Crippen LogP contribution in [0.5, 0.6) is 0 Å². The summed E-state index contributed by atoms with van der Waals surface area (Å²) in [6.07, 6.45) is -5.21. The van der Waals surface area contributed by atoms with Gasteiger partial charge in [0.05, 0.1) is 0 Å². The molecular formula is C19H9F7. The first-order valence-corrected chi connectivity index (χ1v) is 7.29. The molecule has 26 heavy (non-hydrogen) atoms. The molecule has 0 nitrogen and oxygen atoms in total. The molecule has 0 N–H and O–H groups in total. The van der Waals surface area contributed by atoms with E-state index in [1.54, 1.807) is 6.07 Å². The van der Waals surface area contributed by atoms with Gasteiger partial charge < -0.3 is 0 Å². The Labute approximate surface area is 143 Å². The van der Waals surface area contributed by atoms with Crippen LogP contribution in [0.4, 0.5) is 30.7 Å². The lowest BCUT2D eigenvalue weighted by Crippen LogP contribution is -2.11. The number of alkyl halides is 3. The molecule has 0 atom stereocenters. The van der Waals surface area contributed by atoms with Crippen LogP contribution in [0.15, 0.2) is 54.6 Å². The van der Waals surface area contributed by atoms with Crippen molar-refractivity contribution in [3.8, 4) is 22.3 Å². The van der Waals surface area contributed by atoms with E-state index in [2.05, 4.69) is 0 Å². The number of rotatable bonds is 2. The van der Waals surface area contributed by atoms with E-state index < -0.39 is 40.6 Å². The molecule has 0 radical (unpaired) electrons. The number of hydrogen-bond donors (Lipinski definition) is 0. The van der Waals surface area contributed by atoms with Crippen LogP contribution in [0, 0.1) is 23.3 Å². The van der Waals surface area contributed by atoms with Crippen LogP contribution in [0.2, 0.25) is 0 Å². The first-order valence-electron chi connectivity index (χ1n) is 7.29. The van der Waals surface area contributed by atoms with Crippen molar-refractivity contribution in [3.63, 3.8) is 0 Å². The number of halogens is 7. The van der Waals surface area contributed by atoms with E-state index in [4.69, 9.17) is 0 Å². The minimum atomic E-state index is -5.21. The predicted octanol–water partition coefficient (Wildman–Crippen LogP) is 6.60. The van der Waals surface area contributed by atoms with E-state index in [0.717, 1.165) is 12.1 Å². The van der Waals surface area contributed by atoms with Gasteiger partial charge in [-0.3, -0.25) is 0 Å². The maximum absolute atomic E-state index is 14.4. The van der Waals surface area contributed by atoms with E-state index >= 15 is 0 Å². The fraction of sp³-hybridized carbons (Fsp3) is 0.0526. The second-order valence-electron chi connectivity index (χ2n) is 5.49. The van der Waals surface area contributed by atoms with Gasteiger partial charge >= 0.3 is 6.18 Å². The molecule has 0 saturated heterocycles. The maximum atomic E-state index is 14.4. The van der Waals surface area contributed by atoms with Gasteiger partial charge in [0.25, 0.3) is 0 Å². The van der Waals surface area contributed by atoms with Gasteiger partial charge in [-0.05, 0) is 35.4 Å². The first-order chi connectivity index (χ1) is 12.2. The van der Waals surface area contributed by atoms with Crippen molar-refractivity contribution < 1.29 is 30.7 Å². The van der Waals surface area contributed by atoms with Gasteiger partial charge in [0, 0.05) is 11.1 Å². The van der Waals surface area contributed by atoms with Crippen LogP contribution in [-0.4, -0.2) is 0 Å². The average molecular weight is 370 g/mol. The summed E-state index contributed by atoms with van der Waals surface area (Å²) < 4.78 is 93.3. The van der Waals surface area contributed by atoms with E-state index in [-0.39, 0.29) is 16.7 Å². The minimum absolute atomic E-state index is 0.114. The third-order valence-corrected chi connectivity index (χ3v) is 3.79. The van der Waals surface area contributed by atoms with E-state index in [9.17, 15) is 30.7 Å². The maximum Gasteiger partial charge on any atom is 0.422 e. The van der Waals surface area contributed by atoms with E-state index in [1.165, 1.54) is 24.3 Å². The second-order valence-corrected chi connectivity index (χ2v) is 5.49. The average Bonchev–Trinajstić information content (AvgIpc) is 2.53. The monoisotopic (exact) mass is 370 g/mol. The highest BCUT2D eigenvalue weighted by molar-refractivity contribution is 5.71. The molecule has 3 aromatic rings. The topological polar surface area (TPSA) is 0 Å². The van der Waals surface area contributed by atoms with E-state index in [1.807, 2.05) is 0 Å². The van der Waals surface area contributed by atoms with Crippen LogP contribution >= 0.6 is 0 Å². The summed E-state index contributed by atoms with van der Waals surface area (Å²) in [6, 6.07) is 9.80. The van der Waals surface area contributed by atoms with Gasteiger partial charge in [-0.15, -0.1) is 0 Å². The van der Waals surface area contributed by atoms with Crippen LogP contribution in [0.25, 0.3) is 22.3 Å². The molecular weight excluding hydrogens is 361 g/mol. The fourth-order valence-corrected chi connectivity index (χ4v) is 2.61. The fourth-order valence-electron chi connectivity index (χ4n) is 2.61. The van der Waals surface area contributed by atoms with Crippen LogP contribution < -0.4 is 0 Å². The zero-order chi connectivity index (χ0) is 19.1. The zero-order valence-corrected chi connectivity index (χ0v) is 12.8. The molecule has 0 saturated carbocycles. The molecule has 0 aliphatic carbocycles. The summed E-state index contributed by atoms with van der Waals surface area (Å²) >= 11 is 0. The first kappa shape index (κ1) is 18.0. The second kappa shape index (κ2) is 6.48. The molecule has 3 aromatic carbocycles.